The lowest BCUT2D eigenvalue weighted by atomic mass is 10.1. The Morgan fingerprint density at radius 2 is 2.32 bits per heavy atom. The molecule has 0 amide bonds. The Labute approximate surface area is 113 Å². The van der Waals surface area contributed by atoms with E-state index >= 15 is 0 Å². The lowest BCUT2D eigenvalue weighted by Gasteiger charge is -2.24. The van der Waals surface area contributed by atoms with Gasteiger partial charge in [0.2, 0.25) is 0 Å². The maximum atomic E-state index is 9.11. The Morgan fingerprint density at radius 3 is 2.95 bits per heavy atom. The van der Waals surface area contributed by atoms with Crippen LogP contribution in [0.1, 0.15) is 24.4 Å². The fraction of sp³-hybridized carbons (Fsp3) is 0.571. The minimum absolute atomic E-state index is 0.0447. The predicted octanol–water partition coefficient (Wildman–Crippen LogP) is 1.25. The van der Waals surface area contributed by atoms with E-state index in [1.54, 1.807) is 7.11 Å². The zero-order chi connectivity index (χ0) is 13.7. The number of hydrogen-bond acceptors (Lipinski definition) is 5. The van der Waals surface area contributed by atoms with Crippen LogP contribution >= 0.6 is 0 Å². The molecule has 0 aromatic heterocycles. The third kappa shape index (κ3) is 3.59. The molecule has 1 aliphatic heterocycles. The maximum Gasteiger partial charge on any atom is 0.162 e. The summed E-state index contributed by atoms with van der Waals surface area (Å²) in [6.45, 7) is 1.30. The number of aliphatic hydroxyl groups is 1. The van der Waals surface area contributed by atoms with E-state index in [1.807, 2.05) is 18.2 Å². The van der Waals surface area contributed by atoms with E-state index in [1.165, 1.54) is 0 Å². The summed E-state index contributed by atoms with van der Waals surface area (Å²) in [5.41, 5.74) is 6.65. The molecule has 0 bridgehead atoms. The van der Waals surface area contributed by atoms with Gasteiger partial charge < -0.3 is 25.1 Å². The lowest BCUT2D eigenvalue weighted by molar-refractivity contribution is 0.00639. The number of rotatable bonds is 5. The van der Waals surface area contributed by atoms with Crippen LogP contribution in [-0.4, -0.2) is 38.1 Å². The molecule has 2 atom stereocenters. The highest BCUT2D eigenvalue weighted by Crippen LogP contribution is 2.31. The van der Waals surface area contributed by atoms with E-state index in [4.69, 9.17) is 25.1 Å². The first-order chi connectivity index (χ1) is 9.24. The summed E-state index contributed by atoms with van der Waals surface area (Å²) in [7, 11) is 1.60. The molecule has 2 rings (SSSR count). The van der Waals surface area contributed by atoms with Crippen LogP contribution in [0.2, 0.25) is 0 Å². The molecule has 1 aliphatic rings. The number of methoxy groups -OCH3 is 1. The van der Waals surface area contributed by atoms with Crippen molar-refractivity contribution in [1.29, 1.82) is 0 Å². The van der Waals surface area contributed by atoms with Gasteiger partial charge in [-0.05, 0) is 30.5 Å². The summed E-state index contributed by atoms with van der Waals surface area (Å²) >= 11 is 0. The van der Waals surface area contributed by atoms with E-state index in [-0.39, 0.29) is 12.7 Å². The molecular formula is C14H21NO4. The summed E-state index contributed by atoms with van der Waals surface area (Å²) in [6.07, 6.45) is 2.02. The quantitative estimate of drug-likeness (QED) is 0.839. The van der Waals surface area contributed by atoms with Crippen LogP contribution in [0.4, 0.5) is 0 Å². The Kier molecular flexibility index (Phi) is 5.01. The van der Waals surface area contributed by atoms with Crippen LogP contribution in [-0.2, 0) is 4.74 Å². The van der Waals surface area contributed by atoms with E-state index in [0.717, 1.165) is 25.0 Å². The molecule has 19 heavy (non-hydrogen) atoms. The summed E-state index contributed by atoms with van der Waals surface area (Å²) in [5, 5.41) is 9.11. The predicted molar refractivity (Wildman–Crippen MR) is 71.5 cm³/mol. The first kappa shape index (κ1) is 14.1. The van der Waals surface area contributed by atoms with Gasteiger partial charge in [0.1, 0.15) is 6.10 Å². The number of benzene rings is 1. The number of nitrogens with two attached hydrogens (primary N) is 1. The minimum atomic E-state index is -0.407. The van der Waals surface area contributed by atoms with Crippen LogP contribution in [0.5, 0.6) is 11.5 Å². The normalized spacial score (nSPS) is 20.9. The van der Waals surface area contributed by atoms with E-state index in [0.29, 0.717) is 18.1 Å². The molecule has 3 N–H and O–H groups in total. The molecule has 1 aromatic carbocycles. The van der Waals surface area contributed by atoms with Gasteiger partial charge in [-0.1, -0.05) is 6.07 Å². The second-order valence-electron chi connectivity index (χ2n) is 4.66. The van der Waals surface area contributed by atoms with Crippen molar-refractivity contribution in [3.05, 3.63) is 23.8 Å². The second kappa shape index (κ2) is 6.75. The van der Waals surface area contributed by atoms with Gasteiger partial charge in [0, 0.05) is 6.61 Å². The molecule has 1 heterocycles. The molecule has 0 aliphatic carbocycles. The maximum absolute atomic E-state index is 9.11. The van der Waals surface area contributed by atoms with E-state index < -0.39 is 6.04 Å². The topological polar surface area (TPSA) is 73.9 Å². The van der Waals surface area contributed by atoms with Crippen LogP contribution in [0.15, 0.2) is 18.2 Å². The highest BCUT2D eigenvalue weighted by molar-refractivity contribution is 5.44. The summed E-state index contributed by atoms with van der Waals surface area (Å²) in [6, 6.07) is 5.07. The molecule has 106 valence electrons. The van der Waals surface area contributed by atoms with Gasteiger partial charge in [0.25, 0.3) is 0 Å². The summed E-state index contributed by atoms with van der Waals surface area (Å²) in [4.78, 5) is 0. The number of aliphatic hydroxyl groups excluding tert-OH is 1. The van der Waals surface area contributed by atoms with Gasteiger partial charge in [0.15, 0.2) is 11.5 Å². The third-order valence-corrected chi connectivity index (χ3v) is 3.22. The van der Waals surface area contributed by atoms with Crippen molar-refractivity contribution in [1.82, 2.24) is 0 Å². The Hall–Kier alpha value is -1.30. The Balaban J connectivity index is 2.15. The standard InChI is InChI=1S/C14H21NO4/c1-17-13-5-4-10(12(15)8-16)7-14(13)19-11-3-2-6-18-9-11/h4-5,7,11-12,16H,2-3,6,8-9,15H2,1H3. The monoisotopic (exact) mass is 267 g/mol. The SMILES string of the molecule is COc1ccc(C(N)CO)cc1OC1CCCOC1. The van der Waals surface area contributed by atoms with Crippen LogP contribution in [0.25, 0.3) is 0 Å². The minimum Gasteiger partial charge on any atom is -0.493 e. The molecule has 0 spiro atoms. The second-order valence-corrected chi connectivity index (χ2v) is 4.66. The molecule has 1 aromatic rings. The van der Waals surface area contributed by atoms with E-state index in [9.17, 15) is 0 Å². The molecular weight excluding hydrogens is 246 g/mol. The van der Waals surface area contributed by atoms with Crippen molar-refractivity contribution >= 4 is 0 Å². The Bertz CT molecular complexity index is 404. The van der Waals surface area contributed by atoms with Crippen molar-refractivity contribution in [3.8, 4) is 11.5 Å². The molecule has 1 saturated heterocycles. The van der Waals surface area contributed by atoms with Crippen LogP contribution < -0.4 is 15.2 Å². The smallest absolute Gasteiger partial charge is 0.162 e. The zero-order valence-electron chi connectivity index (χ0n) is 11.2. The largest absolute Gasteiger partial charge is 0.493 e. The molecule has 0 radical (unpaired) electrons. The lowest BCUT2D eigenvalue weighted by Crippen LogP contribution is -2.28. The first-order valence-corrected chi connectivity index (χ1v) is 6.53. The molecule has 0 saturated carbocycles. The van der Waals surface area contributed by atoms with Gasteiger partial charge in [0.05, 0.1) is 26.4 Å². The van der Waals surface area contributed by atoms with Crippen molar-refractivity contribution in [2.45, 2.75) is 25.0 Å². The molecule has 5 heteroatoms. The van der Waals surface area contributed by atoms with Gasteiger partial charge in [-0.3, -0.25) is 0 Å². The average Bonchev–Trinajstić information content (AvgIpc) is 2.47. The fourth-order valence-electron chi connectivity index (χ4n) is 2.11. The Morgan fingerprint density at radius 1 is 1.47 bits per heavy atom. The van der Waals surface area contributed by atoms with Gasteiger partial charge in [-0.2, -0.15) is 0 Å². The first-order valence-electron chi connectivity index (χ1n) is 6.53. The highest BCUT2D eigenvalue weighted by Gasteiger charge is 2.18. The molecule has 2 unspecified atom stereocenters. The molecule has 5 nitrogen and oxygen atoms in total. The van der Waals surface area contributed by atoms with Gasteiger partial charge in [-0.15, -0.1) is 0 Å². The third-order valence-electron chi connectivity index (χ3n) is 3.22. The van der Waals surface area contributed by atoms with Crippen molar-refractivity contribution in [2.75, 3.05) is 26.9 Å². The summed E-state index contributed by atoms with van der Waals surface area (Å²) < 4.78 is 16.6. The van der Waals surface area contributed by atoms with Gasteiger partial charge >= 0.3 is 0 Å². The van der Waals surface area contributed by atoms with Crippen molar-refractivity contribution in [3.63, 3.8) is 0 Å². The van der Waals surface area contributed by atoms with Crippen LogP contribution in [0.3, 0.4) is 0 Å². The average molecular weight is 267 g/mol. The van der Waals surface area contributed by atoms with Crippen molar-refractivity contribution in [2.24, 2.45) is 5.73 Å². The number of ether oxygens (including phenoxy) is 3. The van der Waals surface area contributed by atoms with E-state index in [2.05, 4.69) is 0 Å². The van der Waals surface area contributed by atoms with Crippen molar-refractivity contribution < 1.29 is 19.3 Å². The summed E-state index contributed by atoms with van der Waals surface area (Å²) in [5.74, 6) is 1.32. The number of hydrogen-bond donors (Lipinski definition) is 2. The zero-order valence-corrected chi connectivity index (χ0v) is 11.2. The van der Waals surface area contributed by atoms with Gasteiger partial charge in [-0.25, -0.2) is 0 Å². The van der Waals surface area contributed by atoms with Crippen LogP contribution in [0, 0.1) is 0 Å². The fourth-order valence-corrected chi connectivity index (χ4v) is 2.11. The molecule has 1 fully saturated rings. The highest BCUT2D eigenvalue weighted by atomic mass is 16.5.